The summed E-state index contributed by atoms with van der Waals surface area (Å²) in [7, 11) is 0. The number of thiophene rings is 1. The molecule has 1 aromatic carbocycles. The fourth-order valence-electron chi connectivity index (χ4n) is 1.44. The number of benzene rings is 1. The van der Waals surface area contributed by atoms with Crippen LogP contribution >= 0.6 is 23.1 Å². The largest absolute Gasteiger partial charge is 0.399 e. The van der Waals surface area contributed by atoms with Crippen molar-refractivity contribution in [2.24, 2.45) is 5.84 Å². The lowest BCUT2D eigenvalue weighted by Gasteiger charge is -2.03. The molecule has 0 radical (unpaired) electrons. The number of nitrogens with two attached hydrogens (primary N) is 2. The highest BCUT2D eigenvalue weighted by Crippen LogP contribution is 2.27. The molecule has 0 fully saturated rings. The van der Waals surface area contributed by atoms with Crippen molar-refractivity contribution in [3.8, 4) is 0 Å². The van der Waals surface area contributed by atoms with Crippen LogP contribution in [0.1, 0.15) is 15.2 Å². The van der Waals surface area contributed by atoms with Gasteiger partial charge in [-0.1, -0.05) is 0 Å². The van der Waals surface area contributed by atoms with E-state index in [9.17, 15) is 4.79 Å². The SMILES string of the molecule is NNC(=O)c1sccc1CSc1ccc(N)cc1. The normalized spacial score (nSPS) is 10.3. The molecule has 6 heteroatoms. The Bertz CT molecular complexity index is 537. The fraction of sp³-hybridized carbons (Fsp3) is 0.0833. The van der Waals surface area contributed by atoms with Gasteiger partial charge in [-0.2, -0.15) is 0 Å². The summed E-state index contributed by atoms with van der Waals surface area (Å²) in [6.07, 6.45) is 0. The standard InChI is InChI=1S/C12H13N3OS2/c13-9-1-3-10(4-2-9)18-7-8-5-6-17-11(8)12(16)15-14/h1-6H,7,13-14H2,(H,15,16). The van der Waals surface area contributed by atoms with Gasteiger partial charge in [0.2, 0.25) is 0 Å². The first-order valence-corrected chi connectivity index (χ1v) is 7.13. The van der Waals surface area contributed by atoms with E-state index in [1.165, 1.54) is 11.3 Å². The molecule has 0 saturated heterocycles. The minimum atomic E-state index is -0.238. The smallest absolute Gasteiger partial charge is 0.275 e. The second-order valence-electron chi connectivity index (χ2n) is 3.61. The number of rotatable bonds is 4. The van der Waals surface area contributed by atoms with Gasteiger partial charge in [0, 0.05) is 16.3 Å². The summed E-state index contributed by atoms with van der Waals surface area (Å²) >= 11 is 3.05. The van der Waals surface area contributed by atoms with Crippen LogP contribution in [-0.4, -0.2) is 5.91 Å². The van der Waals surface area contributed by atoms with Crippen molar-refractivity contribution >= 4 is 34.7 Å². The maximum absolute atomic E-state index is 11.5. The number of hydrogen-bond donors (Lipinski definition) is 3. The first-order chi connectivity index (χ1) is 8.70. The van der Waals surface area contributed by atoms with Gasteiger partial charge in [0.1, 0.15) is 0 Å². The van der Waals surface area contributed by atoms with Crippen LogP contribution in [0, 0.1) is 0 Å². The molecule has 0 spiro atoms. The van der Waals surface area contributed by atoms with E-state index in [2.05, 4.69) is 5.43 Å². The number of hydrazine groups is 1. The third kappa shape index (κ3) is 3.04. The lowest BCUT2D eigenvalue weighted by atomic mass is 10.3. The molecule has 0 unspecified atom stereocenters. The first-order valence-electron chi connectivity index (χ1n) is 5.26. The lowest BCUT2D eigenvalue weighted by molar-refractivity contribution is 0.0957. The van der Waals surface area contributed by atoms with Crippen LogP contribution in [0.3, 0.4) is 0 Å². The summed E-state index contributed by atoms with van der Waals surface area (Å²) in [6, 6.07) is 9.61. The minimum absolute atomic E-state index is 0.238. The predicted molar refractivity (Wildman–Crippen MR) is 76.4 cm³/mol. The minimum Gasteiger partial charge on any atom is -0.399 e. The van der Waals surface area contributed by atoms with E-state index in [1.54, 1.807) is 11.8 Å². The zero-order valence-electron chi connectivity index (χ0n) is 9.55. The predicted octanol–water partition coefficient (Wildman–Crippen LogP) is 2.23. The van der Waals surface area contributed by atoms with Gasteiger partial charge in [0.15, 0.2) is 0 Å². The van der Waals surface area contributed by atoms with E-state index in [0.717, 1.165) is 21.9 Å². The summed E-state index contributed by atoms with van der Waals surface area (Å²) in [5, 5.41) is 1.89. The number of thioether (sulfide) groups is 1. The van der Waals surface area contributed by atoms with Crippen molar-refractivity contribution in [2.75, 3.05) is 5.73 Å². The molecule has 0 aliphatic heterocycles. The van der Waals surface area contributed by atoms with Gasteiger partial charge in [-0.25, -0.2) is 5.84 Å². The van der Waals surface area contributed by atoms with E-state index in [4.69, 9.17) is 11.6 Å². The van der Waals surface area contributed by atoms with Crippen molar-refractivity contribution in [2.45, 2.75) is 10.6 Å². The molecule has 18 heavy (non-hydrogen) atoms. The highest BCUT2D eigenvalue weighted by Gasteiger charge is 2.11. The number of hydrogen-bond acceptors (Lipinski definition) is 5. The number of nitrogen functional groups attached to an aromatic ring is 2. The highest BCUT2D eigenvalue weighted by molar-refractivity contribution is 7.98. The Morgan fingerprint density at radius 2 is 2.00 bits per heavy atom. The van der Waals surface area contributed by atoms with Crippen LogP contribution < -0.4 is 17.0 Å². The Morgan fingerprint density at radius 1 is 1.28 bits per heavy atom. The third-order valence-electron chi connectivity index (χ3n) is 2.36. The topological polar surface area (TPSA) is 81.1 Å². The maximum atomic E-state index is 11.5. The van der Waals surface area contributed by atoms with Gasteiger partial charge >= 0.3 is 0 Å². The summed E-state index contributed by atoms with van der Waals surface area (Å²) in [4.78, 5) is 13.3. The van der Waals surface area contributed by atoms with E-state index in [1.807, 2.05) is 35.7 Å². The summed E-state index contributed by atoms with van der Waals surface area (Å²) in [5.41, 5.74) is 9.52. The van der Waals surface area contributed by atoms with E-state index < -0.39 is 0 Å². The zero-order valence-corrected chi connectivity index (χ0v) is 11.2. The molecule has 1 amide bonds. The van der Waals surface area contributed by atoms with Gasteiger partial charge in [-0.05, 0) is 41.3 Å². The van der Waals surface area contributed by atoms with Crippen LogP contribution in [0.5, 0.6) is 0 Å². The molecular formula is C12H13N3OS2. The van der Waals surface area contributed by atoms with Crippen LogP contribution in [0.25, 0.3) is 0 Å². The van der Waals surface area contributed by atoms with Crippen LogP contribution in [0.2, 0.25) is 0 Å². The molecule has 5 N–H and O–H groups in total. The molecule has 94 valence electrons. The Morgan fingerprint density at radius 3 is 2.67 bits per heavy atom. The Balaban J connectivity index is 2.04. The van der Waals surface area contributed by atoms with Gasteiger partial charge in [0.05, 0.1) is 4.88 Å². The highest BCUT2D eigenvalue weighted by atomic mass is 32.2. The Kier molecular flexibility index (Phi) is 4.24. The molecule has 0 atom stereocenters. The molecule has 1 aromatic heterocycles. The number of nitrogens with one attached hydrogen (secondary N) is 1. The van der Waals surface area contributed by atoms with Crippen molar-refractivity contribution < 1.29 is 4.79 Å². The van der Waals surface area contributed by atoms with Crippen molar-refractivity contribution in [3.05, 3.63) is 46.2 Å². The number of amides is 1. The molecule has 0 aliphatic carbocycles. The lowest BCUT2D eigenvalue weighted by Crippen LogP contribution is -2.29. The first kappa shape index (κ1) is 12.9. The van der Waals surface area contributed by atoms with Crippen LogP contribution in [-0.2, 0) is 5.75 Å². The average Bonchev–Trinajstić information content (AvgIpc) is 2.85. The summed E-state index contributed by atoms with van der Waals surface area (Å²) in [5.74, 6) is 5.64. The number of carbonyl (C=O) groups excluding carboxylic acids is 1. The monoisotopic (exact) mass is 279 g/mol. The summed E-state index contributed by atoms with van der Waals surface area (Å²) in [6.45, 7) is 0. The second kappa shape index (κ2) is 5.90. The van der Waals surface area contributed by atoms with E-state index in [0.29, 0.717) is 4.88 Å². The Labute approximate surface area is 113 Å². The molecule has 2 rings (SSSR count). The van der Waals surface area contributed by atoms with Crippen molar-refractivity contribution in [3.63, 3.8) is 0 Å². The maximum Gasteiger partial charge on any atom is 0.275 e. The van der Waals surface area contributed by atoms with Crippen LogP contribution in [0.4, 0.5) is 5.69 Å². The number of carbonyl (C=O) groups is 1. The van der Waals surface area contributed by atoms with Gasteiger partial charge in [-0.15, -0.1) is 23.1 Å². The van der Waals surface area contributed by atoms with Gasteiger partial charge in [-0.3, -0.25) is 10.2 Å². The average molecular weight is 279 g/mol. The molecule has 1 heterocycles. The van der Waals surface area contributed by atoms with Gasteiger partial charge < -0.3 is 5.73 Å². The number of anilines is 1. The van der Waals surface area contributed by atoms with Gasteiger partial charge in [0.25, 0.3) is 5.91 Å². The van der Waals surface area contributed by atoms with Crippen LogP contribution in [0.15, 0.2) is 40.6 Å². The third-order valence-corrected chi connectivity index (χ3v) is 4.37. The summed E-state index contributed by atoms with van der Waals surface area (Å²) < 4.78 is 0. The van der Waals surface area contributed by atoms with Crippen molar-refractivity contribution in [1.82, 2.24) is 5.43 Å². The molecule has 0 saturated carbocycles. The molecule has 4 nitrogen and oxygen atoms in total. The fourth-order valence-corrected chi connectivity index (χ4v) is 3.25. The van der Waals surface area contributed by atoms with E-state index >= 15 is 0 Å². The Hall–Kier alpha value is -1.50. The molecule has 2 aromatic rings. The molecule has 0 bridgehead atoms. The molecular weight excluding hydrogens is 266 g/mol. The van der Waals surface area contributed by atoms with Crippen molar-refractivity contribution in [1.29, 1.82) is 0 Å². The zero-order chi connectivity index (χ0) is 13.0. The second-order valence-corrected chi connectivity index (χ2v) is 5.57. The molecule has 0 aliphatic rings. The van der Waals surface area contributed by atoms with E-state index in [-0.39, 0.29) is 5.91 Å². The quantitative estimate of drug-likeness (QED) is 0.263.